The van der Waals surface area contributed by atoms with E-state index < -0.39 is 53.7 Å². The van der Waals surface area contributed by atoms with Crippen molar-refractivity contribution in [2.24, 2.45) is 0 Å². The zero-order valence-corrected chi connectivity index (χ0v) is 16.1. The lowest BCUT2D eigenvalue weighted by molar-refractivity contribution is -0.230. The van der Waals surface area contributed by atoms with Crippen LogP contribution in [-0.2, 0) is 33.3 Å². The minimum Gasteiger partial charge on any atom is -0.390 e. The molecule has 5 atom stereocenters. The van der Waals surface area contributed by atoms with Crippen molar-refractivity contribution in [2.45, 2.75) is 102 Å². The average molecular weight is 372 g/mol. The van der Waals surface area contributed by atoms with Crippen LogP contribution >= 0.6 is 0 Å². The largest absolute Gasteiger partial charge is 0.390 e. The molecule has 0 spiro atoms. The lowest BCUT2D eigenvalue weighted by Gasteiger charge is -2.36. The summed E-state index contributed by atoms with van der Waals surface area (Å²) in [4.78, 5) is 24.8. The van der Waals surface area contributed by atoms with Gasteiger partial charge in [-0.3, -0.25) is 9.59 Å². The molecule has 26 heavy (non-hydrogen) atoms. The first-order valence-corrected chi connectivity index (χ1v) is 8.90. The van der Waals surface area contributed by atoms with Crippen LogP contribution in [0.1, 0.15) is 54.4 Å². The van der Waals surface area contributed by atoms with Gasteiger partial charge in [0.25, 0.3) is 0 Å². The Morgan fingerprint density at radius 3 is 2.08 bits per heavy atom. The van der Waals surface area contributed by atoms with Crippen LogP contribution in [0.5, 0.6) is 0 Å². The normalized spacial score (nSPS) is 37.9. The SMILES string of the molecule is CC(C)(O)CC(=O)CC(=O)[C@H]1O[C@@H]2OC(C)(C)O[C@@H]2[C@H]2OC(C)(C)O[C@H]21. The van der Waals surface area contributed by atoms with Crippen molar-refractivity contribution in [1.82, 2.24) is 0 Å². The Hall–Kier alpha value is -0.900. The summed E-state index contributed by atoms with van der Waals surface area (Å²) >= 11 is 0. The summed E-state index contributed by atoms with van der Waals surface area (Å²) in [7, 11) is 0. The van der Waals surface area contributed by atoms with E-state index in [1.807, 2.05) is 0 Å². The molecule has 0 bridgehead atoms. The highest BCUT2D eigenvalue weighted by Crippen LogP contribution is 2.44. The summed E-state index contributed by atoms with van der Waals surface area (Å²) in [6.07, 6.45) is -3.97. The molecule has 3 heterocycles. The maximum absolute atomic E-state index is 12.7. The van der Waals surface area contributed by atoms with Crippen LogP contribution in [0.2, 0.25) is 0 Å². The van der Waals surface area contributed by atoms with E-state index in [-0.39, 0.29) is 18.6 Å². The molecular formula is C18H28O8. The van der Waals surface area contributed by atoms with E-state index in [0.29, 0.717) is 0 Å². The second-order valence-corrected chi connectivity index (χ2v) is 8.76. The maximum atomic E-state index is 12.7. The summed E-state index contributed by atoms with van der Waals surface area (Å²) < 4.78 is 29.3. The Balaban J connectivity index is 1.76. The predicted octanol–water partition coefficient (Wildman–Crippen LogP) is 1.07. The molecular weight excluding hydrogens is 344 g/mol. The average Bonchev–Trinajstić information content (AvgIpc) is 2.89. The standard InChI is InChI=1S/C18H28O8/c1-16(2,21)8-9(19)7-10(20)11-12-13(24-17(3,4)23-12)14-15(22-11)26-18(5,6)25-14/h11-15,21H,7-8H2,1-6H3/t11-,12+,13+,14-,15-/m1/s1. The van der Waals surface area contributed by atoms with E-state index in [2.05, 4.69) is 0 Å². The fourth-order valence-electron chi connectivity index (χ4n) is 3.71. The van der Waals surface area contributed by atoms with E-state index >= 15 is 0 Å². The lowest BCUT2D eigenvalue weighted by Crippen LogP contribution is -2.57. The number of ketones is 2. The Bertz CT molecular complexity index is 590. The molecule has 0 aliphatic carbocycles. The summed E-state index contributed by atoms with van der Waals surface area (Å²) in [5.74, 6) is -2.54. The van der Waals surface area contributed by atoms with Crippen LogP contribution in [-0.4, -0.2) is 64.6 Å². The third kappa shape index (κ3) is 4.16. The second kappa shape index (κ2) is 6.32. The Kier molecular flexibility index (Phi) is 4.83. The molecule has 8 heteroatoms. The molecule has 8 nitrogen and oxygen atoms in total. The van der Waals surface area contributed by atoms with Crippen molar-refractivity contribution in [3.8, 4) is 0 Å². The molecule has 3 aliphatic heterocycles. The molecule has 3 saturated heterocycles. The first kappa shape index (κ1) is 19.9. The molecule has 3 aliphatic rings. The van der Waals surface area contributed by atoms with Crippen LogP contribution in [0.3, 0.4) is 0 Å². The number of aliphatic hydroxyl groups is 1. The quantitative estimate of drug-likeness (QED) is 0.716. The highest BCUT2D eigenvalue weighted by atomic mass is 16.9. The fraction of sp³-hybridized carbons (Fsp3) is 0.889. The molecule has 148 valence electrons. The summed E-state index contributed by atoms with van der Waals surface area (Å²) in [6, 6.07) is 0. The van der Waals surface area contributed by atoms with Gasteiger partial charge in [-0.05, 0) is 41.5 Å². The zero-order valence-electron chi connectivity index (χ0n) is 16.1. The van der Waals surface area contributed by atoms with Crippen LogP contribution in [0.15, 0.2) is 0 Å². The molecule has 1 N–H and O–H groups in total. The van der Waals surface area contributed by atoms with Crippen molar-refractivity contribution in [3.63, 3.8) is 0 Å². The minimum absolute atomic E-state index is 0.110. The second-order valence-electron chi connectivity index (χ2n) is 8.76. The summed E-state index contributed by atoms with van der Waals surface area (Å²) in [6.45, 7) is 10.1. The zero-order chi connectivity index (χ0) is 19.5. The molecule has 0 saturated carbocycles. The van der Waals surface area contributed by atoms with Crippen molar-refractivity contribution in [1.29, 1.82) is 0 Å². The van der Waals surface area contributed by atoms with Crippen molar-refractivity contribution in [3.05, 3.63) is 0 Å². The third-order valence-corrected chi connectivity index (χ3v) is 4.47. The Morgan fingerprint density at radius 1 is 0.923 bits per heavy atom. The van der Waals surface area contributed by atoms with Crippen molar-refractivity contribution < 1.29 is 38.4 Å². The van der Waals surface area contributed by atoms with Gasteiger partial charge in [-0.2, -0.15) is 0 Å². The minimum atomic E-state index is -1.17. The van der Waals surface area contributed by atoms with E-state index in [1.165, 1.54) is 13.8 Å². The van der Waals surface area contributed by atoms with Gasteiger partial charge in [0.2, 0.25) is 0 Å². The number of carbonyl (C=O) groups is 2. The number of ether oxygens (including phenoxy) is 5. The number of fused-ring (bicyclic) bond motifs is 3. The van der Waals surface area contributed by atoms with Gasteiger partial charge in [-0.15, -0.1) is 0 Å². The van der Waals surface area contributed by atoms with Crippen LogP contribution in [0.25, 0.3) is 0 Å². The lowest BCUT2D eigenvalue weighted by atomic mass is 9.92. The van der Waals surface area contributed by atoms with E-state index in [1.54, 1.807) is 27.7 Å². The smallest absolute Gasteiger partial charge is 0.190 e. The topological polar surface area (TPSA) is 101 Å². The highest BCUT2D eigenvalue weighted by Gasteiger charge is 2.62. The molecule has 0 radical (unpaired) electrons. The summed E-state index contributed by atoms with van der Waals surface area (Å²) in [5, 5.41) is 9.77. The monoisotopic (exact) mass is 372 g/mol. The number of rotatable bonds is 5. The fourth-order valence-corrected chi connectivity index (χ4v) is 3.71. The Morgan fingerprint density at radius 2 is 1.46 bits per heavy atom. The van der Waals surface area contributed by atoms with Crippen molar-refractivity contribution in [2.75, 3.05) is 0 Å². The van der Waals surface area contributed by atoms with Crippen molar-refractivity contribution >= 4 is 11.6 Å². The van der Waals surface area contributed by atoms with Gasteiger partial charge < -0.3 is 28.8 Å². The molecule has 0 aromatic carbocycles. The van der Waals surface area contributed by atoms with Gasteiger partial charge in [0.1, 0.15) is 30.2 Å². The van der Waals surface area contributed by atoms with E-state index in [9.17, 15) is 14.7 Å². The molecule has 0 aromatic rings. The van der Waals surface area contributed by atoms with E-state index in [0.717, 1.165) is 0 Å². The van der Waals surface area contributed by atoms with Gasteiger partial charge in [0.15, 0.2) is 23.6 Å². The Labute approximate surface area is 153 Å². The van der Waals surface area contributed by atoms with Gasteiger partial charge in [0.05, 0.1) is 12.0 Å². The van der Waals surface area contributed by atoms with Gasteiger partial charge in [-0.1, -0.05) is 0 Å². The third-order valence-electron chi connectivity index (χ3n) is 4.47. The maximum Gasteiger partial charge on any atom is 0.190 e. The number of Topliss-reactive ketones (excluding diaryl/α,β-unsaturated/α-hetero) is 2. The predicted molar refractivity (Wildman–Crippen MR) is 88.1 cm³/mol. The molecule has 0 amide bonds. The number of carbonyl (C=O) groups excluding carboxylic acids is 2. The van der Waals surface area contributed by atoms with Gasteiger partial charge in [0, 0.05) is 6.42 Å². The molecule has 0 unspecified atom stereocenters. The first-order chi connectivity index (χ1) is 11.8. The van der Waals surface area contributed by atoms with Crippen LogP contribution in [0, 0.1) is 0 Å². The van der Waals surface area contributed by atoms with E-state index in [4.69, 9.17) is 23.7 Å². The van der Waals surface area contributed by atoms with Crippen LogP contribution in [0.4, 0.5) is 0 Å². The number of hydrogen-bond donors (Lipinski definition) is 1. The first-order valence-electron chi connectivity index (χ1n) is 8.90. The number of hydrogen-bond acceptors (Lipinski definition) is 8. The van der Waals surface area contributed by atoms with Gasteiger partial charge in [-0.25, -0.2) is 0 Å². The molecule has 3 fully saturated rings. The molecule has 0 aromatic heterocycles. The van der Waals surface area contributed by atoms with Crippen LogP contribution < -0.4 is 0 Å². The molecule has 3 rings (SSSR count). The summed E-state index contributed by atoms with van der Waals surface area (Å²) in [5.41, 5.74) is -1.17. The highest BCUT2D eigenvalue weighted by molar-refractivity contribution is 6.01. The van der Waals surface area contributed by atoms with Gasteiger partial charge >= 0.3 is 0 Å².